The van der Waals surface area contributed by atoms with Crippen molar-refractivity contribution in [2.75, 3.05) is 6.61 Å². The van der Waals surface area contributed by atoms with Gasteiger partial charge in [0, 0.05) is 17.8 Å². The highest BCUT2D eigenvalue weighted by Gasteiger charge is 2.45. The van der Waals surface area contributed by atoms with Crippen LogP contribution < -0.4 is 5.69 Å². The quantitative estimate of drug-likeness (QED) is 0.304. The highest BCUT2D eigenvalue weighted by Crippen LogP contribution is 2.66. The number of aryl methyl sites for hydroxylation is 1. The molecule has 6 unspecified atom stereocenters. The average Bonchev–Trinajstić information content (AvgIpc) is 2.78. The second-order valence-corrected chi connectivity index (χ2v) is 10.5. The molecule has 1 aliphatic rings. The topological polar surface area (TPSA) is 224 Å². The summed E-state index contributed by atoms with van der Waals surface area (Å²) in [5.41, 5.74) is -0.191. The van der Waals surface area contributed by atoms with E-state index in [9.17, 15) is 28.5 Å². The van der Waals surface area contributed by atoms with Gasteiger partial charge in [-0.25, -0.2) is 18.5 Å². The van der Waals surface area contributed by atoms with Crippen LogP contribution in [0.15, 0.2) is 17.1 Å². The van der Waals surface area contributed by atoms with Crippen LogP contribution in [0.5, 0.6) is 0 Å². The molecule has 1 saturated heterocycles. The molecule has 0 aliphatic carbocycles. The van der Waals surface area contributed by atoms with Crippen LogP contribution in [0.25, 0.3) is 0 Å². The van der Waals surface area contributed by atoms with E-state index in [1.807, 2.05) is 0 Å². The van der Waals surface area contributed by atoms with Gasteiger partial charge in [0.2, 0.25) is 0 Å². The Morgan fingerprint density at radius 2 is 1.79 bits per heavy atom. The molecule has 0 spiro atoms. The number of hydrogen-bond donors (Lipinski definition) is 5. The zero-order valence-electron chi connectivity index (χ0n) is 14.9. The Labute approximate surface area is 163 Å². The van der Waals surface area contributed by atoms with E-state index in [2.05, 4.69) is 18.1 Å². The zero-order chi connectivity index (χ0) is 22.2. The van der Waals surface area contributed by atoms with Crippen molar-refractivity contribution in [2.45, 2.75) is 32.3 Å². The summed E-state index contributed by atoms with van der Waals surface area (Å²) in [6.07, 6.45) is -2.13. The number of aromatic nitrogens is 2. The Morgan fingerprint density at radius 1 is 1.17 bits per heavy atom. The lowest BCUT2D eigenvalue weighted by molar-refractivity contribution is -0.0467. The lowest BCUT2D eigenvalue weighted by atomic mass is 10.0. The van der Waals surface area contributed by atoms with E-state index >= 15 is 0 Å². The second kappa shape index (κ2) is 8.75. The summed E-state index contributed by atoms with van der Waals surface area (Å²) in [5, 5.41) is 10.2. The fourth-order valence-electron chi connectivity index (χ4n) is 2.51. The smallest absolute Gasteiger partial charge is 0.390 e. The van der Waals surface area contributed by atoms with Crippen molar-refractivity contribution in [3.63, 3.8) is 0 Å². The molecule has 1 aliphatic heterocycles. The second-order valence-electron chi connectivity index (χ2n) is 6.06. The average molecular weight is 480 g/mol. The fourth-order valence-corrected chi connectivity index (χ4v) is 5.54. The highest BCUT2D eigenvalue weighted by atomic mass is 31.3. The number of aliphatic hydroxyl groups excluding tert-OH is 1. The Bertz CT molecular complexity index is 944. The van der Waals surface area contributed by atoms with Crippen LogP contribution in [0.4, 0.5) is 0 Å². The monoisotopic (exact) mass is 480 g/mol. The number of nitrogens with zero attached hydrogens (tertiary/aromatic N) is 2. The molecule has 29 heavy (non-hydrogen) atoms. The fraction of sp³-hybridized carbons (Fsp3) is 0.636. The predicted octanol–water partition coefficient (Wildman–Crippen LogP) is -0.211. The molecule has 0 radical (unpaired) electrons. The summed E-state index contributed by atoms with van der Waals surface area (Å²) >= 11 is 0. The number of rotatable bonds is 8. The van der Waals surface area contributed by atoms with Gasteiger partial charge >= 0.3 is 29.2 Å². The summed E-state index contributed by atoms with van der Waals surface area (Å²) in [6, 6.07) is 1.53. The largest absolute Gasteiger partial charge is 0.490 e. The molecule has 2 rings (SSSR count). The van der Waals surface area contributed by atoms with Gasteiger partial charge in [0.1, 0.15) is 12.3 Å². The lowest BCUT2D eigenvalue weighted by Crippen LogP contribution is -2.30. The summed E-state index contributed by atoms with van der Waals surface area (Å²) in [5.74, 6) is -0.674. The molecule has 1 fully saturated rings. The predicted molar refractivity (Wildman–Crippen MR) is 92.1 cm³/mol. The third kappa shape index (κ3) is 6.86. The number of phosphoric ester groups is 1. The first kappa shape index (κ1) is 24.5. The first-order chi connectivity index (χ1) is 13.1. The molecule has 5 N–H and O–H groups in total. The first-order valence-electron chi connectivity index (χ1n) is 7.78. The molecule has 166 valence electrons. The normalized spacial score (nSPS) is 29.3. The first-order valence-corrected chi connectivity index (χ1v) is 12.3. The van der Waals surface area contributed by atoms with Crippen molar-refractivity contribution in [3.05, 3.63) is 28.4 Å². The minimum Gasteiger partial charge on any atom is -0.390 e. The molecular weight excluding hydrogens is 461 g/mol. The SMILES string of the molecule is Cc1ccn(C2OC(COP(=O)(O)OP(=O)(O)OP(=O)(O)O)C(O)C2C)c(=O)n1. The van der Waals surface area contributed by atoms with Gasteiger partial charge in [-0.2, -0.15) is 13.6 Å². The van der Waals surface area contributed by atoms with Crippen LogP contribution in [0, 0.1) is 12.8 Å². The van der Waals surface area contributed by atoms with Crippen molar-refractivity contribution in [3.8, 4) is 0 Å². The molecule has 6 atom stereocenters. The molecule has 18 heteroatoms. The maximum absolute atomic E-state index is 12.0. The summed E-state index contributed by atoms with van der Waals surface area (Å²) in [6.45, 7) is 2.30. The van der Waals surface area contributed by atoms with Crippen molar-refractivity contribution in [2.24, 2.45) is 5.92 Å². The summed E-state index contributed by atoms with van der Waals surface area (Å²) < 4.78 is 51.8. The van der Waals surface area contributed by atoms with Crippen molar-refractivity contribution >= 4 is 23.5 Å². The Morgan fingerprint density at radius 3 is 2.34 bits per heavy atom. The number of aliphatic hydroxyl groups is 1. The van der Waals surface area contributed by atoms with E-state index < -0.39 is 60.1 Å². The van der Waals surface area contributed by atoms with Crippen molar-refractivity contribution in [1.29, 1.82) is 0 Å². The van der Waals surface area contributed by atoms with Crippen molar-refractivity contribution < 1.29 is 56.3 Å². The molecule has 0 saturated carbocycles. The van der Waals surface area contributed by atoms with E-state index in [1.165, 1.54) is 19.2 Å². The van der Waals surface area contributed by atoms with E-state index in [-0.39, 0.29) is 0 Å². The third-order valence-electron chi connectivity index (χ3n) is 3.74. The molecule has 0 bridgehead atoms. The molecule has 15 nitrogen and oxygen atoms in total. The van der Waals surface area contributed by atoms with Crippen LogP contribution in [0.2, 0.25) is 0 Å². The minimum absolute atomic E-state index is 0.460. The summed E-state index contributed by atoms with van der Waals surface area (Å²) in [4.78, 5) is 51.2. The minimum atomic E-state index is -5.65. The highest BCUT2D eigenvalue weighted by molar-refractivity contribution is 7.66. The zero-order valence-corrected chi connectivity index (χ0v) is 17.6. The summed E-state index contributed by atoms with van der Waals surface area (Å²) in [7, 11) is -16.5. The van der Waals surface area contributed by atoms with Gasteiger partial charge in [0.25, 0.3) is 0 Å². The van der Waals surface area contributed by atoms with Crippen LogP contribution in [0.3, 0.4) is 0 Å². The van der Waals surface area contributed by atoms with E-state index in [4.69, 9.17) is 19.4 Å². The van der Waals surface area contributed by atoms with Gasteiger partial charge in [-0.15, -0.1) is 0 Å². The van der Waals surface area contributed by atoms with Gasteiger partial charge in [-0.1, -0.05) is 6.92 Å². The molecule has 1 aromatic rings. The molecular formula is C11H19N2O13P3. The molecule has 1 aromatic heterocycles. The Balaban J connectivity index is 2.05. The lowest BCUT2D eigenvalue weighted by Gasteiger charge is -2.19. The van der Waals surface area contributed by atoms with Crippen molar-refractivity contribution in [1.82, 2.24) is 9.55 Å². The van der Waals surface area contributed by atoms with Crippen LogP contribution in [-0.2, 0) is 31.6 Å². The third-order valence-corrected chi connectivity index (χ3v) is 7.55. The standard InChI is InChI=1S/C11H19N2O13P3/c1-6-3-4-13(11(15)12-6)10-7(2)9(14)8(24-10)5-23-28(19,20)26-29(21,22)25-27(16,17)18/h3-4,7-10,14H,5H2,1-2H3,(H,19,20)(H,21,22)(H2,16,17,18). The van der Waals surface area contributed by atoms with E-state index in [0.29, 0.717) is 5.69 Å². The Kier molecular flexibility index (Phi) is 7.39. The van der Waals surface area contributed by atoms with Gasteiger partial charge < -0.3 is 29.4 Å². The van der Waals surface area contributed by atoms with Gasteiger partial charge in [0.15, 0.2) is 0 Å². The van der Waals surface area contributed by atoms with Gasteiger partial charge in [0.05, 0.1) is 12.7 Å². The van der Waals surface area contributed by atoms with E-state index in [0.717, 1.165) is 4.57 Å². The maximum Gasteiger partial charge on any atom is 0.490 e. The van der Waals surface area contributed by atoms with Crippen LogP contribution in [0.1, 0.15) is 18.8 Å². The Hall–Kier alpha value is -0.790. The number of phosphoric acid groups is 3. The molecule has 0 amide bonds. The van der Waals surface area contributed by atoms with Gasteiger partial charge in [-0.3, -0.25) is 9.09 Å². The molecule has 2 heterocycles. The van der Waals surface area contributed by atoms with Crippen LogP contribution in [-0.4, -0.2) is 53.0 Å². The number of hydrogen-bond acceptors (Lipinski definition) is 10. The molecule has 0 aromatic carbocycles. The van der Waals surface area contributed by atoms with Gasteiger partial charge in [-0.05, 0) is 13.0 Å². The van der Waals surface area contributed by atoms with Crippen LogP contribution >= 0.6 is 23.5 Å². The maximum atomic E-state index is 12.0. The van der Waals surface area contributed by atoms with E-state index in [1.54, 1.807) is 6.92 Å². The number of ether oxygens (including phenoxy) is 1.